The quantitative estimate of drug-likeness (QED) is 0.392. The number of anilines is 2. The van der Waals surface area contributed by atoms with Gasteiger partial charge in [-0.3, -0.25) is 14.4 Å². The molecule has 0 atom stereocenters. The van der Waals surface area contributed by atoms with Crippen LogP contribution >= 0.6 is 0 Å². The summed E-state index contributed by atoms with van der Waals surface area (Å²) in [6.45, 7) is 6.23. The number of imide groups is 1. The highest BCUT2D eigenvalue weighted by Gasteiger charge is 2.38. The van der Waals surface area contributed by atoms with Gasteiger partial charge >= 0.3 is 0 Å². The summed E-state index contributed by atoms with van der Waals surface area (Å²) in [4.78, 5) is 49.7. The van der Waals surface area contributed by atoms with Crippen LogP contribution < -0.4 is 9.80 Å². The standard InChI is InChI=1S/C30H26N4O3/c1-19-7-8-20(2)26(17-19)34-29(36)23-11-9-22(18-24(23)30(34)37)28(35)33-15-13-32(14-16-33)27-12-10-21-5-3-4-6-25(21)31-27/h3-12,17-18H,13-16H2,1-2H3. The topological polar surface area (TPSA) is 73.8 Å². The number of pyridine rings is 1. The highest BCUT2D eigenvalue weighted by atomic mass is 16.2. The number of fused-ring (bicyclic) bond motifs is 2. The van der Waals surface area contributed by atoms with Crippen molar-refractivity contribution in [3.8, 4) is 0 Å². The average molecular weight is 491 g/mol. The van der Waals surface area contributed by atoms with E-state index in [2.05, 4.69) is 11.0 Å². The molecule has 0 radical (unpaired) electrons. The fraction of sp³-hybridized carbons (Fsp3) is 0.200. The van der Waals surface area contributed by atoms with Gasteiger partial charge in [-0.25, -0.2) is 9.88 Å². The van der Waals surface area contributed by atoms with E-state index in [1.807, 2.05) is 62.4 Å². The minimum Gasteiger partial charge on any atom is -0.353 e. The molecule has 0 spiro atoms. The van der Waals surface area contributed by atoms with Crippen LogP contribution in [0.4, 0.5) is 11.5 Å². The zero-order valence-electron chi connectivity index (χ0n) is 20.8. The Hall–Kier alpha value is -4.52. The van der Waals surface area contributed by atoms with Crippen molar-refractivity contribution >= 4 is 40.1 Å². The van der Waals surface area contributed by atoms with E-state index in [4.69, 9.17) is 4.98 Å². The molecule has 4 aromatic rings. The number of carbonyl (C=O) groups excluding carboxylic acids is 3. The number of benzene rings is 3. The molecule has 3 amide bonds. The molecule has 7 heteroatoms. The second-order valence-corrected chi connectivity index (χ2v) is 9.64. The lowest BCUT2D eigenvalue weighted by atomic mass is 10.0. The van der Waals surface area contributed by atoms with Crippen LogP contribution in [0.5, 0.6) is 0 Å². The summed E-state index contributed by atoms with van der Waals surface area (Å²) in [7, 11) is 0. The number of amides is 3. The number of aromatic nitrogens is 1. The third-order valence-electron chi connectivity index (χ3n) is 7.21. The number of rotatable bonds is 3. The lowest BCUT2D eigenvalue weighted by Gasteiger charge is -2.35. The van der Waals surface area contributed by atoms with Gasteiger partial charge in [0.1, 0.15) is 5.82 Å². The Balaban J connectivity index is 1.19. The minimum absolute atomic E-state index is 0.139. The van der Waals surface area contributed by atoms with Crippen LogP contribution in [0.3, 0.4) is 0 Å². The van der Waals surface area contributed by atoms with E-state index >= 15 is 0 Å². The molecule has 1 fully saturated rings. The second-order valence-electron chi connectivity index (χ2n) is 9.64. The molecule has 37 heavy (non-hydrogen) atoms. The van der Waals surface area contributed by atoms with Gasteiger partial charge in [-0.2, -0.15) is 0 Å². The molecule has 2 aliphatic heterocycles. The molecule has 0 aliphatic carbocycles. The number of para-hydroxylation sites is 1. The van der Waals surface area contributed by atoms with Crippen molar-refractivity contribution < 1.29 is 14.4 Å². The van der Waals surface area contributed by atoms with E-state index in [0.29, 0.717) is 43.0 Å². The van der Waals surface area contributed by atoms with Crippen LogP contribution in [0.2, 0.25) is 0 Å². The van der Waals surface area contributed by atoms with Crippen molar-refractivity contribution in [3.63, 3.8) is 0 Å². The highest BCUT2D eigenvalue weighted by Crippen LogP contribution is 2.32. The smallest absolute Gasteiger partial charge is 0.266 e. The zero-order valence-corrected chi connectivity index (χ0v) is 20.8. The summed E-state index contributed by atoms with van der Waals surface area (Å²) in [5.74, 6) is 0.0121. The Bertz CT molecular complexity index is 1590. The van der Waals surface area contributed by atoms with Crippen molar-refractivity contribution in [2.45, 2.75) is 13.8 Å². The first-order chi connectivity index (χ1) is 17.9. The van der Waals surface area contributed by atoms with Gasteiger partial charge in [-0.05, 0) is 67.4 Å². The fourth-order valence-electron chi connectivity index (χ4n) is 5.11. The molecule has 6 rings (SSSR count). The number of hydrogen-bond acceptors (Lipinski definition) is 5. The predicted octanol–water partition coefficient (Wildman–Crippen LogP) is 4.61. The molecular weight excluding hydrogens is 464 g/mol. The first-order valence-electron chi connectivity index (χ1n) is 12.4. The van der Waals surface area contributed by atoms with Gasteiger partial charge in [0, 0.05) is 37.1 Å². The molecule has 1 saturated heterocycles. The van der Waals surface area contributed by atoms with E-state index in [1.54, 1.807) is 23.1 Å². The summed E-state index contributed by atoms with van der Waals surface area (Å²) in [5, 5.41) is 1.10. The molecule has 7 nitrogen and oxygen atoms in total. The third kappa shape index (κ3) is 3.93. The average Bonchev–Trinajstić information content (AvgIpc) is 3.18. The first-order valence-corrected chi connectivity index (χ1v) is 12.4. The summed E-state index contributed by atoms with van der Waals surface area (Å²) in [6, 6.07) is 22.6. The monoisotopic (exact) mass is 490 g/mol. The Kier molecular flexibility index (Phi) is 5.48. The molecule has 184 valence electrons. The van der Waals surface area contributed by atoms with E-state index < -0.39 is 5.91 Å². The third-order valence-corrected chi connectivity index (χ3v) is 7.21. The largest absolute Gasteiger partial charge is 0.353 e. The van der Waals surface area contributed by atoms with Crippen molar-refractivity contribution in [2.24, 2.45) is 0 Å². The van der Waals surface area contributed by atoms with Crippen LogP contribution in [0.25, 0.3) is 10.9 Å². The zero-order chi connectivity index (χ0) is 25.7. The van der Waals surface area contributed by atoms with E-state index in [1.165, 1.54) is 4.90 Å². The van der Waals surface area contributed by atoms with Gasteiger partial charge < -0.3 is 9.80 Å². The van der Waals surface area contributed by atoms with Crippen LogP contribution in [-0.4, -0.2) is 53.8 Å². The Labute approximate surface area is 214 Å². The van der Waals surface area contributed by atoms with Gasteiger partial charge in [-0.15, -0.1) is 0 Å². The normalized spacial score (nSPS) is 15.5. The number of piperazine rings is 1. The van der Waals surface area contributed by atoms with Crippen molar-refractivity contribution in [1.29, 1.82) is 0 Å². The van der Waals surface area contributed by atoms with Gasteiger partial charge in [-0.1, -0.05) is 30.3 Å². The number of carbonyl (C=O) groups is 3. The van der Waals surface area contributed by atoms with Crippen molar-refractivity contribution in [3.05, 3.63) is 101 Å². The molecule has 0 N–H and O–H groups in total. The maximum atomic E-state index is 13.3. The van der Waals surface area contributed by atoms with Crippen LogP contribution in [0.15, 0.2) is 72.8 Å². The number of nitrogens with zero attached hydrogens (tertiary/aromatic N) is 4. The van der Waals surface area contributed by atoms with Crippen molar-refractivity contribution in [1.82, 2.24) is 9.88 Å². The van der Waals surface area contributed by atoms with Gasteiger partial charge in [0.2, 0.25) is 0 Å². The van der Waals surface area contributed by atoms with Crippen LogP contribution in [0.1, 0.15) is 42.2 Å². The molecule has 0 bridgehead atoms. The summed E-state index contributed by atoms with van der Waals surface area (Å²) in [6.07, 6.45) is 0. The van der Waals surface area contributed by atoms with E-state index in [0.717, 1.165) is 27.8 Å². The van der Waals surface area contributed by atoms with E-state index in [-0.39, 0.29) is 17.4 Å². The van der Waals surface area contributed by atoms with Crippen LogP contribution in [-0.2, 0) is 0 Å². The SMILES string of the molecule is Cc1ccc(C)c(N2C(=O)c3ccc(C(=O)N4CCN(c5ccc6ccccc6n5)CC4)cc3C2=O)c1. The van der Waals surface area contributed by atoms with Crippen LogP contribution in [0, 0.1) is 13.8 Å². The van der Waals surface area contributed by atoms with Gasteiger partial charge in [0.15, 0.2) is 0 Å². The molecule has 3 heterocycles. The highest BCUT2D eigenvalue weighted by molar-refractivity contribution is 6.35. The number of hydrogen-bond donors (Lipinski definition) is 0. The maximum absolute atomic E-state index is 13.3. The Morgan fingerprint density at radius 1 is 0.784 bits per heavy atom. The molecule has 3 aromatic carbocycles. The summed E-state index contributed by atoms with van der Waals surface area (Å²) >= 11 is 0. The molecule has 2 aliphatic rings. The minimum atomic E-state index is -0.393. The Morgan fingerprint density at radius 2 is 1.54 bits per heavy atom. The lowest BCUT2D eigenvalue weighted by Crippen LogP contribution is -2.49. The lowest BCUT2D eigenvalue weighted by molar-refractivity contribution is 0.0746. The number of aryl methyl sites for hydroxylation is 2. The fourth-order valence-corrected chi connectivity index (χ4v) is 5.11. The van der Waals surface area contributed by atoms with Gasteiger partial charge in [0.05, 0.1) is 22.3 Å². The summed E-state index contributed by atoms with van der Waals surface area (Å²) in [5.41, 5.74) is 4.36. The summed E-state index contributed by atoms with van der Waals surface area (Å²) < 4.78 is 0. The molecular formula is C30H26N4O3. The second kappa shape index (κ2) is 8.85. The molecule has 0 unspecified atom stereocenters. The van der Waals surface area contributed by atoms with Crippen molar-refractivity contribution in [2.75, 3.05) is 36.0 Å². The van der Waals surface area contributed by atoms with Gasteiger partial charge in [0.25, 0.3) is 17.7 Å². The Morgan fingerprint density at radius 3 is 2.35 bits per heavy atom. The van der Waals surface area contributed by atoms with E-state index in [9.17, 15) is 14.4 Å². The molecule has 1 aromatic heterocycles. The first kappa shape index (κ1) is 22.9. The predicted molar refractivity (Wildman–Crippen MR) is 143 cm³/mol. The maximum Gasteiger partial charge on any atom is 0.266 e. The molecule has 0 saturated carbocycles.